The van der Waals surface area contributed by atoms with Crippen LogP contribution in [0.25, 0.3) is 0 Å². The van der Waals surface area contributed by atoms with Gasteiger partial charge in [-0.05, 0) is 78.7 Å². The lowest BCUT2D eigenvalue weighted by atomic mass is 9.82. The zero-order valence-electron chi connectivity index (χ0n) is 27.4. The van der Waals surface area contributed by atoms with Crippen molar-refractivity contribution in [2.24, 2.45) is 0 Å². The minimum atomic E-state index is -4.08. The third kappa shape index (κ3) is 7.48. The molecule has 2 aromatic rings. The molecule has 0 atom stereocenters. The van der Waals surface area contributed by atoms with Crippen molar-refractivity contribution in [2.45, 2.75) is 70.6 Å². The molecule has 0 radical (unpaired) electrons. The minimum absolute atomic E-state index is 0.0116. The Morgan fingerprint density at radius 1 is 0.660 bits per heavy atom. The number of fused-ring (bicyclic) bond motifs is 2. The first kappa shape index (κ1) is 34.8. The Balaban J connectivity index is 1.44. The molecule has 252 valence electrons. The first-order valence-electron chi connectivity index (χ1n) is 16.0. The average molecular weight is 681 g/mol. The third-order valence-corrected chi connectivity index (χ3v) is 11.1. The number of nitrogens with zero attached hydrogens (tertiary/aromatic N) is 2. The van der Waals surface area contributed by atoms with Crippen LogP contribution in [-0.2, 0) is 35.9 Å². The van der Waals surface area contributed by atoms with Gasteiger partial charge in [0.05, 0.1) is 11.5 Å². The lowest BCUT2D eigenvalue weighted by Crippen LogP contribution is -2.28. The molecule has 0 bridgehead atoms. The summed E-state index contributed by atoms with van der Waals surface area (Å²) in [6, 6.07) is 16.0. The van der Waals surface area contributed by atoms with Crippen molar-refractivity contribution in [1.29, 1.82) is 0 Å². The maximum absolute atomic E-state index is 13.8. The van der Waals surface area contributed by atoms with E-state index in [0.717, 1.165) is 40.3 Å². The summed E-state index contributed by atoms with van der Waals surface area (Å²) in [5, 5.41) is 0. The van der Waals surface area contributed by atoms with E-state index in [2.05, 4.69) is 49.6 Å². The number of carbonyl (C=O) groups excluding carboxylic acids is 1. The van der Waals surface area contributed by atoms with Crippen LogP contribution < -0.4 is 9.80 Å². The van der Waals surface area contributed by atoms with Crippen LogP contribution in [0.3, 0.4) is 0 Å². The van der Waals surface area contributed by atoms with E-state index in [-0.39, 0.29) is 41.0 Å². The van der Waals surface area contributed by atoms with E-state index in [1.165, 1.54) is 0 Å². The van der Waals surface area contributed by atoms with Crippen molar-refractivity contribution < 1.29 is 30.7 Å². The molecule has 0 amide bonds. The molecular formula is C36H44N2O7S2. The van der Waals surface area contributed by atoms with Crippen molar-refractivity contribution in [2.75, 3.05) is 34.4 Å². The van der Waals surface area contributed by atoms with Crippen molar-refractivity contribution in [1.82, 2.24) is 0 Å². The molecule has 0 aromatic heterocycles. The second kappa shape index (κ2) is 13.2. The predicted molar refractivity (Wildman–Crippen MR) is 187 cm³/mol. The number of anilines is 2. The van der Waals surface area contributed by atoms with Crippen LogP contribution in [0.15, 0.2) is 95.4 Å². The topological polar surface area (TPSA) is 132 Å². The Hall–Kier alpha value is -3.51. The minimum Gasteiger partial charge on any atom is -0.344 e. The monoisotopic (exact) mass is 680 g/mol. The number of para-hydroxylation sites is 2. The van der Waals surface area contributed by atoms with Gasteiger partial charge in [0.2, 0.25) is 0 Å². The molecule has 2 aromatic carbocycles. The van der Waals surface area contributed by atoms with Gasteiger partial charge in [-0.15, -0.1) is 0 Å². The predicted octanol–water partition coefficient (Wildman–Crippen LogP) is 6.51. The summed E-state index contributed by atoms with van der Waals surface area (Å²) in [6.45, 7) is 9.26. The summed E-state index contributed by atoms with van der Waals surface area (Å²) in [5.74, 6) is -0.673. The van der Waals surface area contributed by atoms with Gasteiger partial charge in [-0.1, -0.05) is 76.2 Å². The number of hydrogen-bond acceptors (Lipinski definition) is 7. The van der Waals surface area contributed by atoms with Crippen molar-refractivity contribution in [3.05, 3.63) is 107 Å². The molecule has 1 fully saturated rings. The Bertz CT molecular complexity index is 1770. The normalized spacial score (nSPS) is 22.5. The Labute approximate surface area is 278 Å². The van der Waals surface area contributed by atoms with Gasteiger partial charge in [-0.3, -0.25) is 13.9 Å². The number of Topliss-reactive ketones (excluding diaryl/α,β-unsaturated/α-hetero) is 1. The highest BCUT2D eigenvalue weighted by atomic mass is 32.2. The molecule has 0 spiro atoms. The summed E-state index contributed by atoms with van der Waals surface area (Å²) in [7, 11) is -8.16. The fourth-order valence-corrected chi connectivity index (χ4v) is 8.14. The van der Waals surface area contributed by atoms with E-state index in [4.69, 9.17) is 0 Å². The molecule has 11 heteroatoms. The summed E-state index contributed by atoms with van der Waals surface area (Å²) in [6.07, 6.45) is 10.4. The number of carbonyl (C=O) groups is 1. The molecule has 2 aliphatic heterocycles. The van der Waals surface area contributed by atoms with Gasteiger partial charge in [0.15, 0.2) is 5.78 Å². The second-order valence-electron chi connectivity index (χ2n) is 13.5. The van der Waals surface area contributed by atoms with Crippen molar-refractivity contribution >= 4 is 37.4 Å². The average Bonchev–Trinajstić information content (AvgIpc) is 3.33. The zero-order chi connectivity index (χ0) is 34.2. The molecule has 3 aliphatic rings. The van der Waals surface area contributed by atoms with Gasteiger partial charge < -0.3 is 9.80 Å². The lowest BCUT2D eigenvalue weighted by Gasteiger charge is -2.27. The molecule has 1 saturated carbocycles. The van der Waals surface area contributed by atoms with E-state index in [0.29, 0.717) is 37.1 Å². The summed E-state index contributed by atoms with van der Waals surface area (Å²) in [4.78, 5) is 18.0. The summed E-state index contributed by atoms with van der Waals surface area (Å²) in [5.41, 5.74) is 6.76. The number of allylic oxidation sites excluding steroid dienone is 8. The van der Waals surface area contributed by atoms with Crippen LogP contribution in [0, 0.1) is 0 Å². The van der Waals surface area contributed by atoms with E-state index >= 15 is 0 Å². The number of ketones is 1. The van der Waals surface area contributed by atoms with Gasteiger partial charge in [-0.2, -0.15) is 16.8 Å². The van der Waals surface area contributed by atoms with Crippen LogP contribution in [-0.4, -0.2) is 56.3 Å². The number of hydrogen-bond donors (Lipinski definition) is 2. The quantitative estimate of drug-likeness (QED) is 0.213. The molecule has 9 nitrogen and oxygen atoms in total. The second-order valence-corrected chi connectivity index (χ2v) is 16.7. The smallest absolute Gasteiger partial charge is 0.264 e. The van der Waals surface area contributed by atoms with Crippen LogP contribution >= 0.6 is 0 Å². The Morgan fingerprint density at radius 3 is 1.43 bits per heavy atom. The summed E-state index contributed by atoms with van der Waals surface area (Å²) >= 11 is 0. The number of rotatable bonds is 10. The van der Waals surface area contributed by atoms with E-state index in [9.17, 15) is 30.7 Å². The first-order valence-corrected chi connectivity index (χ1v) is 19.2. The van der Waals surface area contributed by atoms with Gasteiger partial charge >= 0.3 is 0 Å². The lowest BCUT2D eigenvalue weighted by molar-refractivity contribution is -0.113. The first-order chi connectivity index (χ1) is 22.0. The number of benzene rings is 2. The van der Waals surface area contributed by atoms with Crippen LogP contribution in [0.1, 0.15) is 70.9 Å². The molecule has 2 N–H and O–H groups in total. The highest BCUT2D eigenvalue weighted by molar-refractivity contribution is 7.86. The summed E-state index contributed by atoms with van der Waals surface area (Å²) < 4.78 is 64.3. The van der Waals surface area contributed by atoms with Crippen molar-refractivity contribution in [3.8, 4) is 0 Å². The van der Waals surface area contributed by atoms with Gasteiger partial charge in [-0.25, -0.2) is 0 Å². The standard InChI is InChI=1S/C36H44N2O7S2/c1-35(2)28-14-5-7-16-30(28)37(22-10-24-46(40,41)42)32(35)20-18-26-12-9-13-27(34(26)39)19-21-33-36(3,4)29-15-6-8-17-31(29)38(33)23-11-25-47(43,44)45/h5-8,14-21H,9-13,22-25H2,1-4H3,(H,40,41,42)(H,43,44,45)/b26-18+,27-19?,32-20+,33-21?. The molecule has 0 saturated heterocycles. The van der Waals surface area contributed by atoms with E-state index in [1.807, 2.05) is 60.7 Å². The Morgan fingerprint density at radius 2 is 1.04 bits per heavy atom. The zero-order valence-corrected chi connectivity index (χ0v) is 29.1. The van der Waals surface area contributed by atoms with Crippen LogP contribution in [0.4, 0.5) is 11.4 Å². The van der Waals surface area contributed by atoms with Gasteiger partial charge in [0.25, 0.3) is 20.2 Å². The van der Waals surface area contributed by atoms with E-state index < -0.39 is 20.2 Å². The molecule has 0 unspecified atom stereocenters. The van der Waals surface area contributed by atoms with Crippen LogP contribution in [0.5, 0.6) is 0 Å². The van der Waals surface area contributed by atoms with Gasteiger partial charge in [0.1, 0.15) is 0 Å². The fraction of sp³-hybridized carbons (Fsp3) is 0.417. The van der Waals surface area contributed by atoms with E-state index in [1.54, 1.807) is 0 Å². The fourth-order valence-electron chi connectivity index (χ4n) is 7.15. The molecule has 1 aliphatic carbocycles. The van der Waals surface area contributed by atoms with Crippen LogP contribution in [0.2, 0.25) is 0 Å². The maximum Gasteiger partial charge on any atom is 0.264 e. The third-order valence-electron chi connectivity index (χ3n) is 9.53. The van der Waals surface area contributed by atoms with Crippen molar-refractivity contribution in [3.63, 3.8) is 0 Å². The molecule has 5 rings (SSSR count). The molecule has 47 heavy (non-hydrogen) atoms. The SMILES string of the molecule is CC1(C)C(=CC=C2CCC/C(=C\C=C3\N(CCCS(=O)(=O)O)c4ccccc4C3(C)C)C2=O)N(CCCS(=O)(=O)O)c2ccccc21. The Kier molecular flexibility index (Phi) is 9.76. The largest absolute Gasteiger partial charge is 0.344 e. The highest BCUT2D eigenvalue weighted by Crippen LogP contribution is 2.49. The molecule has 2 heterocycles. The van der Waals surface area contributed by atoms with Gasteiger partial charge in [0, 0.05) is 46.7 Å². The maximum atomic E-state index is 13.8. The highest BCUT2D eigenvalue weighted by Gasteiger charge is 2.41. The molecular weight excluding hydrogens is 637 g/mol.